The van der Waals surface area contributed by atoms with Crippen LogP contribution in [0.15, 0.2) is 10.2 Å². The van der Waals surface area contributed by atoms with Gasteiger partial charge in [-0.25, -0.2) is 4.79 Å². The lowest BCUT2D eigenvalue weighted by Gasteiger charge is -1.99. The number of rotatable bonds is 4. The van der Waals surface area contributed by atoms with Gasteiger partial charge in [-0.05, 0) is 6.42 Å². The lowest BCUT2D eigenvalue weighted by atomic mass is 10.3. The third kappa shape index (κ3) is 2.69. The SMILES string of the molecule is CCCCOC(=O)c1cs[nH]c1=O. The summed E-state index contributed by atoms with van der Waals surface area (Å²) in [4.78, 5) is 22.1. The van der Waals surface area contributed by atoms with E-state index in [9.17, 15) is 9.59 Å². The first-order valence-corrected chi connectivity index (χ1v) is 4.97. The third-order valence-corrected chi connectivity index (χ3v) is 2.18. The molecule has 1 rings (SSSR count). The highest BCUT2D eigenvalue weighted by atomic mass is 32.1. The molecule has 0 saturated heterocycles. The van der Waals surface area contributed by atoms with Crippen molar-refractivity contribution >= 4 is 17.5 Å². The molecule has 13 heavy (non-hydrogen) atoms. The van der Waals surface area contributed by atoms with E-state index in [1.165, 1.54) is 5.38 Å². The van der Waals surface area contributed by atoms with Crippen LogP contribution in [0.1, 0.15) is 30.1 Å². The predicted molar refractivity (Wildman–Crippen MR) is 50.1 cm³/mol. The third-order valence-electron chi connectivity index (χ3n) is 1.52. The van der Waals surface area contributed by atoms with Crippen LogP contribution in [0.3, 0.4) is 0 Å². The normalized spacial score (nSPS) is 9.92. The Balaban J connectivity index is 2.50. The number of carbonyl (C=O) groups excluding carboxylic acids is 1. The van der Waals surface area contributed by atoms with Crippen LogP contribution in [0.25, 0.3) is 0 Å². The zero-order valence-corrected chi connectivity index (χ0v) is 8.15. The maximum atomic E-state index is 11.2. The Kier molecular flexibility index (Phi) is 3.70. The number of ether oxygens (including phenoxy) is 1. The molecular weight excluding hydrogens is 190 g/mol. The largest absolute Gasteiger partial charge is 0.462 e. The Labute approximate surface area is 79.7 Å². The quantitative estimate of drug-likeness (QED) is 0.591. The Morgan fingerprint density at radius 3 is 3.00 bits per heavy atom. The van der Waals surface area contributed by atoms with Crippen molar-refractivity contribution in [3.63, 3.8) is 0 Å². The lowest BCUT2D eigenvalue weighted by molar-refractivity contribution is 0.0498. The molecule has 72 valence electrons. The number of hydrogen-bond acceptors (Lipinski definition) is 4. The van der Waals surface area contributed by atoms with Gasteiger partial charge in [0, 0.05) is 5.38 Å². The molecule has 0 fully saturated rings. The van der Waals surface area contributed by atoms with Crippen molar-refractivity contribution in [3.8, 4) is 0 Å². The van der Waals surface area contributed by atoms with Crippen LogP contribution >= 0.6 is 11.5 Å². The average molecular weight is 201 g/mol. The summed E-state index contributed by atoms with van der Waals surface area (Å²) in [7, 11) is 0. The fourth-order valence-electron chi connectivity index (χ4n) is 0.778. The lowest BCUT2D eigenvalue weighted by Crippen LogP contribution is -2.15. The van der Waals surface area contributed by atoms with E-state index in [2.05, 4.69) is 4.37 Å². The van der Waals surface area contributed by atoms with Crippen LogP contribution in [0.5, 0.6) is 0 Å². The van der Waals surface area contributed by atoms with Crippen molar-refractivity contribution in [2.24, 2.45) is 0 Å². The number of carbonyl (C=O) groups is 1. The minimum Gasteiger partial charge on any atom is -0.462 e. The highest BCUT2D eigenvalue weighted by Gasteiger charge is 2.11. The van der Waals surface area contributed by atoms with Gasteiger partial charge >= 0.3 is 5.97 Å². The summed E-state index contributed by atoms with van der Waals surface area (Å²) in [6.45, 7) is 2.38. The van der Waals surface area contributed by atoms with Crippen LogP contribution in [0.2, 0.25) is 0 Å². The first kappa shape index (κ1) is 9.98. The van der Waals surface area contributed by atoms with Gasteiger partial charge in [0.25, 0.3) is 5.56 Å². The van der Waals surface area contributed by atoms with Crippen molar-refractivity contribution < 1.29 is 9.53 Å². The van der Waals surface area contributed by atoms with Gasteiger partial charge in [-0.15, -0.1) is 0 Å². The Morgan fingerprint density at radius 2 is 2.46 bits per heavy atom. The molecule has 0 spiro atoms. The second kappa shape index (κ2) is 4.81. The summed E-state index contributed by atoms with van der Waals surface area (Å²) < 4.78 is 7.28. The van der Waals surface area contributed by atoms with Crippen molar-refractivity contribution in [1.82, 2.24) is 4.37 Å². The standard InChI is InChI=1S/C8H11NO3S/c1-2-3-4-12-8(11)6-5-13-9-7(6)10/h5H,2-4H2,1H3,(H,9,10). The second-order valence-electron chi connectivity index (χ2n) is 2.57. The van der Waals surface area contributed by atoms with Crippen LogP contribution in [0.4, 0.5) is 0 Å². The molecule has 0 unspecified atom stereocenters. The van der Waals surface area contributed by atoms with Crippen molar-refractivity contribution in [2.45, 2.75) is 19.8 Å². The molecule has 0 aromatic carbocycles. The van der Waals surface area contributed by atoms with Crippen LogP contribution in [-0.4, -0.2) is 16.9 Å². The fraction of sp³-hybridized carbons (Fsp3) is 0.500. The number of aromatic nitrogens is 1. The molecule has 5 heteroatoms. The zero-order valence-electron chi connectivity index (χ0n) is 7.33. The highest BCUT2D eigenvalue weighted by molar-refractivity contribution is 7.03. The van der Waals surface area contributed by atoms with E-state index in [4.69, 9.17) is 4.74 Å². The minimum absolute atomic E-state index is 0.0982. The van der Waals surface area contributed by atoms with E-state index in [0.29, 0.717) is 6.61 Å². The van der Waals surface area contributed by atoms with Crippen molar-refractivity contribution in [2.75, 3.05) is 6.61 Å². The molecule has 0 atom stereocenters. The van der Waals surface area contributed by atoms with Gasteiger partial charge in [-0.2, -0.15) is 0 Å². The van der Waals surface area contributed by atoms with Gasteiger partial charge in [0.2, 0.25) is 0 Å². The zero-order chi connectivity index (χ0) is 9.68. The summed E-state index contributed by atoms with van der Waals surface area (Å²) in [6, 6.07) is 0. The molecule has 1 aromatic rings. The highest BCUT2D eigenvalue weighted by Crippen LogP contribution is 1.99. The first-order chi connectivity index (χ1) is 6.25. The van der Waals surface area contributed by atoms with Gasteiger partial charge in [0.1, 0.15) is 5.56 Å². The van der Waals surface area contributed by atoms with Crippen molar-refractivity contribution in [3.05, 3.63) is 21.3 Å². The topological polar surface area (TPSA) is 59.2 Å². The molecule has 0 aliphatic carbocycles. The fourth-order valence-corrected chi connectivity index (χ4v) is 1.38. The molecule has 1 aromatic heterocycles. The molecule has 0 amide bonds. The summed E-state index contributed by atoms with van der Waals surface area (Å²) >= 11 is 1.10. The van der Waals surface area contributed by atoms with E-state index >= 15 is 0 Å². The Morgan fingerprint density at radius 1 is 1.69 bits per heavy atom. The van der Waals surface area contributed by atoms with Crippen LogP contribution < -0.4 is 5.56 Å². The Bertz CT molecular complexity index is 328. The molecule has 0 bridgehead atoms. The maximum Gasteiger partial charge on any atom is 0.344 e. The van der Waals surface area contributed by atoms with E-state index in [0.717, 1.165) is 24.4 Å². The molecular formula is C8H11NO3S. The number of esters is 1. The Hall–Kier alpha value is -1.10. The number of unbranched alkanes of at least 4 members (excludes halogenated alkanes) is 1. The number of hydrogen-bond donors (Lipinski definition) is 1. The average Bonchev–Trinajstić information content (AvgIpc) is 2.52. The van der Waals surface area contributed by atoms with E-state index < -0.39 is 5.97 Å². The van der Waals surface area contributed by atoms with Gasteiger partial charge in [-0.3, -0.25) is 9.17 Å². The van der Waals surface area contributed by atoms with Crippen LogP contribution in [-0.2, 0) is 4.74 Å². The van der Waals surface area contributed by atoms with Crippen molar-refractivity contribution in [1.29, 1.82) is 0 Å². The second-order valence-corrected chi connectivity index (χ2v) is 3.25. The summed E-state index contributed by atoms with van der Waals surface area (Å²) in [6.07, 6.45) is 1.79. The molecule has 4 nitrogen and oxygen atoms in total. The van der Waals surface area contributed by atoms with Crippen LogP contribution in [0, 0.1) is 0 Å². The summed E-state index contributed by atoms with van der Waals surface area (Å²) in [5.41, 5.74) is -0.271. The maximum absolute atomic E-state index is 11.2. The first-order valence-electron chi connectivity index (χ1n) is 4.09. The van der Waals surface area contributed by atoms with Gasteiger partial charge in [0.15, 0.2) is 0 Å². The number of aromatic amines is 1. The van der Waals surface area contributed by atoms with E-state index in [1.807, 2.05) is 6.92 Å². The monoisotopic (exact) mass is 201 g/mol. The molecule has 1 N–H and O–H groups in total. The predicted octanol–water partition coefficient (Wildman–Crippen LogP) is 1.39. The smallest absolute Gasteiger partial charge is 0.344 e. The summed E-state index contributed by atoms with van der Waals surface area (Å²) in [5, 5.41) is 1.47. The number of nitrogens with one attached hydrogen (secondary N) is 1. The minimum atomic E-state index is -0.532. The molecule has 0 radical (unpaired) electrons. The molecule has 1 heterocycles. The van der Waals surface area contributed by atoms with E-state index in [1.54, 1.807) is 0 Å². The molecule has 0 saturated carbocycles. The number of H-pyrrole nitrogens is 1. The van der Waals surface area contributed by atoms with E-state index in [-0.39, 0.29) is 11.1 Å². The molecule has 0 aliphatic heterocycles. The van der Waals surface area contributed by atoms with Gasteiger partial charge in [-0.1, -0.05) is 24.9 Å². The summed E-state index contributed by atoms with van der Waals surface area (Å²) in [5.74, 6) is -0.532. The molecule has 0 aliphatic rings. The van der Waals surface area contributed by atoms with Gasteiger partial charge in [0.05, 0.1) is 6.61 Å². The van der Waals surface area contributed by atoms with Gasteiger partial charge < -0.3 is 4.74 Å².